The van der Waals surface area contributed by atoms with Gasteiger partial charge in [-0.15, -0.1) is 0 Å². The normalized spacial score (nSPS) is 11.9. The lowest BCUT2D eigenvalue weighted by Gasteiger charge is -2.09. The van der Waals surface area contributed by atoms with Crippen molar-refractivity contribution in [1.29, 1.82) is 0 Å². The van der Waals surface area contributed by atoms with E-state index in [1.807, 2.05) is 25.1 Å². The summed E-state index contributed by atoms with van der Waals surface area (Å²) in [5.41, 5.74) is 3.52. The van der Waals surface area contributed by atoms with Gasteiger partial charge < -0.3 is 9.84 Å². The third kappa shape index (κ3) is 4.62. The van der Waals surface area contributed by atoms with Crippen LogP contribution in [0.1, 0.15) is 25.3 Å². The molecular weight excluding hydrogens is 276 g/mol. The average molecular weight is 298 g/mol. The largest absolute Gasteiger partial charge is 0.497 e. The molecule has 2 aromatic rings. The van der Waals surface area contributed by atoms with Crippen molar-refractivity contribution in [1.82, 2.24) is 0 Å². The summed E-state index contributed by atoms with van der Waals surface area (Å²) < 4.78 is 5.25. The lowest BCUT2D eigenvalue weighted by atomic mass is 9.97. The minimum atomic E-state index is -0.721. The predicted molar refractivity (Wildman–Crippen MR) is 88.2 cm³/mol. The van der Waals surface area contributed by atoms with Gasteiger partial charge in [-0.2, -0.15) is 0 Å². The number of carbonyl (C=O) groups is 1. The average Bonchev–Trinajstić information content (AvgIpc) is 2.53. The van der Waals surface area contributed by atoms with Crippen LogP contribution in [0.3, 0.4) is 0 Å². The van der Waals surface area contributed by atoms with E-state index in [1.165, 1.54) is 5.56 Å². The Labute approximate surface area is 131 Å². The molecule has 0 amide bonds. The zero-order chi connectivity index (χ0) is 15.9. The standard InChI is InChI=1S/C19H22O3/c1-14(12-19(20)21)6-7-15-8-10-16(11-9-15)17-4-3-5-18(13-17)22-2/h3-5,8-11,13-14H,6-7,12H2,1-2H3,(H,20,21). The summed E-state index contributed by atoms with van der Waals surface area (Å²) in [6, 6.07) is 16.4. The number of methoxy groups -OCH3 is 1. The molecule has 22 heavy (non-hydrogen) atoms. The van der Waals surface area contributed by atoms with E-state index in [4.69, 9.17) is 9.84 Å². The Hall–Kier alpha value is -2.29. The van der Waals surface area contributed by atoms with E-state index >= 15 is 0 Å². The fraction of sp³-hybridized carbons (Fsp3) is 0.316. The molecule has 0 spiro atoms. The molecule has 3 heteroatoms. The highest BCUT2D eigenvalue weighted by Gasteiger charge is 2.08. The SMILES string of the molecule is COc1cccc(-c2ccc(CCC(C)CC(=O)O)cc2)c1. The Morgan fingerprint density at radius 2 is 1.86 bits per heavy atom. The van der Waals surface area contributed by atoms with Crippen molar-refractivity contribution >= 4 is 5.97 Å². The topological polar surface area (TPSA) is 46.5 Å². The van der Waals surface area contributed by atoms with Crippen LogP contribution in [0.2, 0.25) is 0 Å². The van der Waals surface area contributed by atoms with Crippen LogP contribution in [0, 0.1) is 5.92 Å². The number of aliphatic carboxylic acids is 1. The highest BCUT2D eigenvalue weighted by Crippen LogP contribution is 2.24. The minimum absolute atomic E-state index is 0.204. The Bertz CT molecular complexity index is 617. The summed E-state index contributed by atoms with van der Waals surface area (Å²) in [5.74, 6) is 0.334. The van der Waals surface area contributed by atoms with Gasteiger partial charge in [-0.3, -0.25) is 4.79 Å². The van der Waals surface area contributed by atoms with Crippen LogP contribution in [0.15, 0.2) is 48.5 Å². The first-order valence-corrected chi connectivity index (χ1v) is 7.53. The number of hydrogen-bond acceptors (Lipinski definition) is 2. The van der Waals surface area contributed by atoms with Gasteiger partial charge >= 0.3 is 5.97 Å². The van der Waals surface area contributed by atoms with Gasteiger partial charge in [-0.1, -0.05) is 43.3 Å². The second-order valence-electron chi connectivity index (χ2n) is 5.67. The quantitative estimate of drug-likeness (QED) is 0.823. The number of carboxylic acid groups (broad SMARTS) is 1. The van der Waals surface area contributed by atoms with E-state index in [-0.39, 0.29) is 12.3 Å². The summed E-state index contributed by atoms with van der Waals surface area (Å²) in [6.45, 7) is 1.98. The number of aryl methyl sites for hydroxylation is 1. The van der Waals surface area contributed by atoms with Crippen LogP contribution in [-0.4, -0.2) is 18.2 Å². The second kappa shape index (κ2) is 7.64. The highest BCUT2D eigenvalue weighted by molar-refractivity contribution is 5.67. The summed E-state index contributed by atoms with van der Waals surface area (Å²) >= 11 is 0. The molecule has 0 bridgehead atoms. The number of rotatable bonds is 7. The lowest BCUT2D eigenvalue weighted by molar-refractivity contribution is -0.138. The van der Waals surface area contributed by atoms with Crippen molar-refractivity contribution in [2.75, 3.05) is 7.11 Å². The Balaban J connectivity index is 1.99. The predicted octanol–water partition coefficient (Wildman–Crippen LogP) is 4.41. The van der Waals surface area contributed by atoms with E-state index in [0.717, 1.165) is 29.7 Å². The van der Waals surface area contributed by atoms with Gasteiger partial charge in [0.15, 0.2) is 0 Å². The molecule has 0 aromatic heterocycles. The van der Waals surface area contributed by atoms with E-state index < -0.39 is 5.97 Å². The van der Waals surface area contributed by atoms with Crippen LogP contribution >= 0.6 is 0 Å². The van der Waals surface area contributed by atoms with Gasteiger partial charge in [0.25, 0.3) is 0 Å². The third-order valence-corrected chi connectivity index (χ3v) is 3.81. The highest BCUT2D eigenvalue weighted by atomic mass is 16.5. The molecule has 1 unspecified atom stereocenters. The molecule has 0 radical (unpaired) electrons. The summed E-state index contributed by atoms with van der Waals surface area (Å²) in [6.07, 6.45) is 2.04. The smallest absolute Gasteiger partial charge is 0.303 e. The molecule has 0 aliphatic carbocycles. The minimum Gasteiger partial charge on any atom is -0.497 e. The van der Waals surface area contributed by atoms with E-state index in [1.54, 1.807) is 7.11 Å². The maximum absolute atomic E-state index is 10.7. The van der Waals surface area contributed by atoms with Crippen LogP contribution in [0.4, 0.5) is 0 Å². The maximum atomic E-state index is 10.7. The maximum Gasteiger partial charge on any atom is 0.303 e. The molecule has 2 aromatic carbocycles. The van der Waals surface area contributed by atoms with Crippen LogP contribution in [0.5, 0.6) is 5.75 Å². The van der Waals surface area contributed by atoms with Crippen molar-refractivity contribution in [3.05, 3.63) is 54.1 Å². The third-order valence-electron chi connectivity index (χ3n) is 3.81. The zero-order valence-corrected chi connectivity index (χ0v) is 13.1. The van der Waals surface area contributed by atoms with Crippen molar-refractivity contribution < 1.29 is 14.6 Å². The molecule has 2 rings (SSSR count). The fourth-order valence-electron chi connectivity index (χ4n) is 2.48. The summed E-state index contributed by atoms with van der Waals surface area (Å²) in [5, 5.41) is 8.78. The van der Waals surface area contributed by atoms with Crippen molar-refractivity contribution in [2.24, 2.45) is 5.92 Å². The van der Waals surface area contributed by atoms with Crippen LogP contribution in [0.25, 0.3) is 11.1 Å². The molecule has 0 fully saturated rings. The molecule has 116 valence electrons. The lowest BCUT2D eigenvalue weighted by Crippen LogP contribution is -2.05. The van der Waals surface area contributed by atoms with Crippen LogP contribution in [-0.2, 0) is 11.2 Å². The molecule has 0 heterocycles. The van der Waals surface area contributed by atoms with Gasteiger partial charge in [-0.25, -0.2) is 0 Å². The van der Waals surface area contributed by atoms with Crippen LogP contribution < -0.4 is 4.74 Å². The Morgan fingerprint density at radius 1 is 1.14 bits per heavy atom. The molecule has 1 atom stereocenters. The summed E-state index contributed by atoms with van der Waals surface area (Å²) in [7, 11) is 1.67. The van der Waals surface area contributed by atoms with Gasteiger partial charge in [0.1, 0.15) is 5.75 Å². The van der Waals surface area contributed by atoms with E-state index in [9.17, 15) is 4.79 Å². The Morgan fingerprint density at radius 3 is 2.50 bits per heavy atom. The first-order chi connectivity index (χ1) is 10.6. The molecular formula is C19H22O3. The zero-order valence-electron chi connectivity index (χ0n) is 13.1. The number of carboxylic acids is 1. The molecule has 0 saturated heterocycles. The Kier molecular flexibility index (Phi) is 5.59. The van der Waals surface area contributed by atoms with E-state index in [0.29, 0.717) is 0 Å². The fourth-order valence-corrected chi connectivity index (χ4v) is 2.48. The van der Waals surface area contributed by atoms with Crippen molar-refractivity contribution in [3.63, 3.8) is 0 Å². The van der Waals surface area contributed by atoms with Crippen molar-refractivity contribution in [3.8, 4) is 16.9 Å². The number of ether oxygens (including phenoxy) is 1. The first-order valence-electron chi connectivity index (χ1n) is 7.53. The molecule has 1 N–H and O–H groups in total. The molecule has 3 nitrogen and oxygen atoms in total. The van der Waals surface area contributed by atoms with Gasteiger partial charge in [0.05, 0.1) is 7.11 Å². The summed E-state index contributed by atoms with van der Waals surface area (Å²) in [4.78, 5) is 10.7. The van der Waals surface area contributed by atoms with E-state index in [2.05, 4.69) is 30.3 Å². The van der Waals surface area contributed by atoms with Gasteiger partial charge in [0, 0.05) is 6.42 Å². The molecule has 0 aliphatic heterocycles. The molecule has 0 saturated carbocycles. The van der Waals surface area contributed by atoms with Crippen molar-refractivity contribution in [2.45, 2.75) is 26.2 Å². The number of hydrogen-bond donors (Lipinski definition) is 1. The molecule has 0 aliphatic rings. The number of benzene rings is 2. The van der Waals surface area contributed by atoms with Gasteiger partial charge in [-0.05, 0) is 47.6 Å². The first kappa shape index (κ1) is 16.1. The second-order valence-corrected chi connectivity index (χ2v) is 5.67. The monoisotopic (exact) mass is 298 g/mol. The van der Waals surface area contributed by atoms with Gasteiger partial charge in [0.2, 0.25) is 0 Å².